The second-order valence-electron chi connectivity index (χ2n) is 12.2. The van der Waals surface area contributed by atoms with Crippen LogP contribution in [0.2, 0.25) is 5.02 Å². The summed E-state index contributed by atoms with van der Waals surface area (Å²) in [6.45, 7) is 13.5. The largest absolute Gasteiger partial charge is 0.487 e. The summed E-state index contributed by atoms with van der Waals surface area (Å²) in [5.74, 6) is 1.57. The lowest BCUT2D eigenvalue weighted by Crippen LogP contribution is -2.60. The smallest absolute Gasteiger partial charge is 0.225 e. The SMILES string of the molecule is CC(C)(c1ccc(OCc2ccnc(N3CCN(C4CCN(C5CNC5)CC4)CC3)n2)cc1)c1cc(Cl)cc(C#N)c1. The Hall–Kier alpha value is -3.22. The van der Waals surface area contributed by atoms with Gasteiger partial charge in [0.25, 0.3) is 0 Å². The van der Waals surface area contributed by atoms with E-state index in [1.54, 1.807) is 6.07 Å². The van der Waals surface area contributed by atoms with Gasteiger partial charge in [0, 0.05) is 81.1 Å². The van der Waals surface area contributed by atoms with Gasteiger partial charge in [-0.25, -0.2) is 9.97 Å². The molecule has 2 aromatic carbocycles. The summed E-state index contributed by atoms with van der Waals surface area (Å²) in [7, 11) is 0. The van der Waals surface area contributed by atoms with Crippen LogP contribution in [0.4, 0.5) is 5.95 Å². The molecule has 4 heterocycles. The first-order valence-electron chi connectivity index (χ1n) is 15.1. The van der Waals surface area contributed by atoms with Crippen molar-refractivity contribution in [2.24, 2.45) is 0 Å². The minimum atomic E-state index is -0.314. The highest BCUT2D eigenvalue weighted by molar-refractivity contribution is 6.30. The van der Waals surface area contributed by atoms with Crippen molar-refractivity contribution in [3.63, 3.8) is 0 Å². The lowest BCUT2D eigenvalue weighted by atomic mass is 9.78. The molecule has 0 atom stereocenters. The van der Waals surface area contributed by atoms with E-state index < -0.39 is 0 Å². The van der Waals surface area contributed by atoms with Gasteiger partial charge >= 0.3 is 0 Å². The van der Waals surface area contributed by atoms with Gasteiger partial charge < -0.3 is 15.0 Å². The van der Waals surface area contributed by atoms with Gasteiger partial charge in [0.15, 0.2) is 0 Å². The Morgan fingerprint density at radius 1 is 0.929 bits per heavy atom. The summed E-state index contributed by atoms with van der Waals surface area (Å²) in [5, 5.41) is 13.3. The van der Waals surface area contributed by atoms with Crippen LogP contribution < -0.4 is 15.0 Å². The van der Waals surface area contributed by atoms with E-state index in [0.717, 1.165) is 73.8 Å². The number of hydrogen-bond acceptors (Lipinski definition) is 8. The van der Waals surface area contributed by atoms with Crippen LogP contribution in [-0.2, 0) is 12.0 Å². The predicted octanol–water partition coefficient (Wildman–Crippen LogP) is 4.46. The van der Waals surface area contributed by atoms with Crippen molar-refractivity contribution < 1.29 is 4.74 Å². The predicted molar refractivity (Wildman–Crippen MR) is 166 cm³/mol. The van der Waals surface area contributed by atoms with Crippen LogP contribution in [0.15, 0.2) is 54.7 Å². The lowest BCUT2D eigenvalue weighted by Gasteiger charge is -2.46. The third kappa shape index (κ3) is 6.40. The van der Waals surface area contributed by atoms with Crippen molar-refractivity contribution in [1.82, 2.24) is 25.1 Å². The molecule has 0 amide bonds. The van der Waals surface area contributed by atoms with Gasteiger partial charge in [0.1, 0.15) is 12.4 Å². The fourth-order valence-electron chi connectivity index (χ4n) is 6.36. The number of aromatic nitrogens is 2. The zero-order valence-electron chi connectivity index (χ0n) is 24.6. The number of benzene rings is 2. The number of nitriles is 1. The molecule has 3 saturated heterocycles. The summed E-state index contributed by atoms with van der Waals surface area (Å²) in [5.41, 5.74) is 3.24. The third-order valence-electron chi connectivity index (χ3n) is 9.30. The summed E-state index contributed by atoms with van der Waals surface area (Å²) in [4.78, 5) is 17.1. The minimum absolute atomic E-state index is 0.314. The molecule has 3 fully saturated rings. The number of hydrogen-bond donors (Lipinski definition) is 1. The van der Waals surface area contributed by atoms with E-state index in [2.05, 4.69) is 57.0 Å². The Labute approximate surface area is 254 Å². The minimum Gasteiger partial charge on any atom is -0.487 e. The molecule has 3 aliphatic heterocycles. The maximum absolute atomic E-state index is 9.35. The highest BCUT2D eigenvalue weighted by Crippen LogP contribution is 2.34. The lowest BCUT2D eigenvalue weighted by molar-refractivity contribution is 0.0629. The number of likely N-dealkylation sites (tertiary alicyclic amines) is 1. The zero-order chi connectivity index (χ0) is 29.1. The summed E-state index contributed by atoms with van der Waals surface area (Å²) < 4.78 is 6.11. The number of ether oxygens (including phenoxy) is 1. The van der Waals surface area contributed by atoms with Crippen LogP contribution in [0.5, 0.6) is 5.75 Å². The van der Waals surface area contributed by atoms with Gasteiger partial charge in [-0.2, -0.15) is 5.26 Å². The number of piperidine rings is 1. The van der Waals surface area contributed by atoms with Crippen LogP contribution in [0.25, 0.3) is 0 Å². The van der Waals surface area contributed by atoms with E-state index in [9.17, 15) is 5.26 Å². The average Bonchev–Trinajstić information content (AvgIpc) is 3.00. The van der Waals surface area contributed by atoms with Crippen LogP contribution >= 0.6 is 11.6 Å². The first-order valence-corrected chi connectivity index (χ1v) is 15.5. The van der Waals surface area contributed by atoms with E-state index in [-0.39, 0.29) is 5.41 Å². The van der Waals surface area contributed by atoms with E-state index in [1.807, 2.05) is 36.5 Å². The Bertz CT molecular complexity index is 1400. The van der Waals surface area contributed by atoms with Gasteiger partial charge in [-0.15, -0.1) is 0 Å². The van der Waals surface area contributed by atoms with E-state index in [4.69, 9.17) is 21.3 Å². The van der Waals surface area contributed by atoms with Crippen molar-refractivity contribution >= 4 is 17.5 Å². The van der Waals surface area contributed by atoms with Crippen LogP contribution in [0, 0.1) is 11.3 Å². The zero-order valence-corrected chi connectivity index (χ0v) is 25.4. The molecular formula is C33H40ClN7O. The first-order chi connectivity index (χ1) is 20.4. The quantitative estimate of drug-likeness (QED) is 0.415. The van der Waals surface area contributed by atoms with Gasteiger partial charge in [0.2, 0.25) is 5.95 Å². The number of piperazine rings is 1. The molecule has 9 heteroatoms. The second-order valence-corrected chi connectivity index (χ2v) is 12.7. The van der Waals surface area contributed by atoms with Crippen molar-refractivity contribution in [2.75, 3.05) is 57.3 Å². The Balaban J connectivity index is 1.01. The fraction of sp³-hybridized carbons (Fsp3) is 0.485. The standard InChI is InChI=1S/C33H40ClN7O/c1-33(2,26-17-24(20-35)18-27(34)19-26)25-3-5-31(6-4-25)42-23-28-7-10-37-32(38-28)41-15-13-40(14-16-41)29-8-11-39(12-9-29)30-21-36-22-30/h3-7,10,17-19,29-30,36H,8-9,11-16,21-23H2,1-2H3. The molecule has 1 aromatic heterocycles. The summed E-state index contributed by atoms with van der Waals surface area (Å²) in [6, 6.07) is 19.2. The molecule has 0 spiro atoms. The Morgan fingerprint density at radius 2 is 1.64 bits per heavy atom. The number of nitrogens with one attached hydrogen (secondary N) is 1. The van der Waals surface area contributed by atoms with E-state index >= 15 is 0 Å². The number of halogens is 1. The number of rotatable bonds is 8. The molecule has 220 valence electrons. The van der Waals surface area contributed by atoms with Crippen LogP contribution in [-0.4, -0.2) is 84.2 Å². The molecule has 0 aliphatic carbocycles. The summed E-state index contributed by atoms with van der Waals surface area (Å²) in [6.07, 6.45) is 4.40. The number of anilines is 1. The first kappa shape index (κ1) is 28.9. The van der Waals surface area contributed by atoms with Crippen LogP contribution in [0.1, 0.15) is 49.1 Å². The van der Waals surface area contributed by atoms with E-state index in [0.29, 0.717) is 23.2 Å². The molecule has 1 N–H and O–H groups in total. The average molecular weight is 586 g/mol. The van der Waals surface area contributed by atoms with Gasteiger partial charge in [-0.3, -0.25) is 9.80 Å². The molecule has 0 unspecified atom stereocenters. The van der Waals surface area contributed by atoms with Crippen molar-refractivity contribution in [2.45, 2.75) is 50.8 Å². The highest BCUT2D eigenvalue weighted by Gasteiger charge is 2.32. The molecule has 3 aromatic rings. The topological polar surface area (TPSA) is 80.6 Å². The summed E-state index contributed by atoms with van der Waals surface area (Å²) >= 11 is 6.28. The monoisotopic (exact) mass is 585 g/mol. The maximum atomic E-state index is 9.35. The molecule has 8 nitrogen and oxygen atoms in total. The molecule has 0 radical (unpaired) electrons. The molecular weight excluding hydrogens is 546 g/mol. The Kier molecular flexibility index (Phi) is 8.64. The molecule has 3 aliphatic rings. The Morgan fingerprint density at radius 3 is 2.31 bits per heavy atom. The van der Waals surface area contributed by atoms with Gasteiger partial charge in [-0.05, 0) is 60.4 Å². The van der Waals surface area contributed by atoms with Gasteiger partial charge in [-0.1, -0.05) is 37.6 Å². The highest BCUT2D eigenvalue weighted by atomic mass is 35.5. The third-order valence-corrected chi connectivity index (χ3v) is 9.52. The maximum Gasteiger partial charge on any atom is 0.225 e. The van der Waals surface area contributed by atoms with E-state index in [1.165, 1.54) is 25.9 Å². The second kappa shape index (κ2) is 12.6. The normalized spacial score (nSPS) is 19.3. The van der Waals surface area contributed by atoms with Gasteiger partial charge in [0.05, 0.1) is 17.3 Å². The van der Waals surface area contributed by atoms with Crippen LogP contribution in [0.3, 0.4) is 0 Å². The molecule has 42 heavy (non-hydrogen) atoms. The van der Waals surface area contributed by atoms with Crippen molar-refractivity contribution in [3.05, 3.63) is 82.1 Å². The molecule has 0 bridgehead atoms. The van der Waals surface area contributed by atoms with Crippen molar-refractivity contribution in [3.8, 4) is 11.8 Å². The number of nitrogens with zero attached hydrogens (tertiary/aromatic N) is 6. The molecule has 6 rings (SSSR count). The van der Waals surface area contributed by atoms with Crippen molar-refractivity contribution in [1.29, 1.82) is 5.26 Å². The fourth-order valence-corrected chi connectivity index (χ4v) is 6.59. The molecule has 0 saturated carbocycles.